The van der Waals surface area contributed by atoms with E-state index < -0.39 is 0 Å². The summed E-state index contributed by atoms with van der Waals surface area (Å²) in [5.41, 5.74) is 5.01. The Morgan fingerprint density at radius 3 is 2.53 bits per heavy atom. The minimum Gasteiger partial charge on any atom is -0.365 e. The lowest BCUT2D eigenvalue weighted by atomic mass is 9.88. The van der Waals surface area contributed by atoms with Gasteiger partial charge in [0.15, 0.2) is 5.17 Å². The molecule has 0 aliphatic carbocycles. The quantitative estimate of drug-likeness (QED) is 0.524. The number of carbonyl (C=O) groups excluding carboxylic acids is 1. The second-order valence-electron chi connectivity index (χ2n) is 8.14. The Balaban J connectivity index is 1.72. The van der Waals surface area contributed by atoms with Gasteiger partial charge in [0.2, 0.25) is 0 Å². The first-order valence-corrected chi connectivity index (χ1v) is 11.0. The molecule has 2 aliphatic rings. The number of hydrogen-bond donors (Lipinski definition) is 0. The molecule has 154 valence electrons. The van der Waals surface area contributed by atoms with Crippen LogP contribution in [0.1, 0.15) is 31.9 Å². The lowest BCUT2D eigenvalue weighted by Gasteiger charge is -2.40. The number of nitrogens with zero attached hydrogens (tertiary/aromatic N) is 3. The summed E-state index contributed by atoms with van der Waals surface area (Å²) in [6, 6.07) is 13.7. The summed E-state index contributed by atoms with van der Waals surface area (Å²) < 4.78 is 0. The van der Waals surface area contributed by atoms with Gasteiger partial charge in [-0.15, -0.1) is 0 Å². The second kappa shape index (κ2) is 7.64. The predicted octanol–water partition coefficient (Wildman–Crippen LogP) is 6.21. The monoisotopic (exact) mass is 437 g/mol. The van der Waals surface area contributed by atoms with Gasteiger partial charge in [-0.1, -0.05) is 35.9 Å². The molecule has 0 spiro atoms. The van der Waals surface area contributed by atoms with E-state index in [2.05, 4.69) is 49.9 Å². The first-order chi connectivity index (χ1) is 14.2. The van der Waals surface area contributed by atoms with Crippen LogP contribution in [-0.4, -0.2) is 35.6 Å². The molecule has 0 aromatic heterocycles. The van der Waals surface area contributed by atoms with Crippen LogP contribution in [0.5, 0.6) is 0 Å². The summed E-state index contributed by atoms with van der Waals surface area (Å²) in [5.74, 6) is -0.0750. The van der Waals surface area contributed by atoms with Crippen molar-refractivity contribution in [3.63, 3.8) is 0 Å². The van der Waals surface area contributed by atoms with Gasteiger partial charge in [-0.25, -0.2) is 4.99 Å². The number of halogens is 1. The smallest absolute Gasteiger partial charge is 0.266 e. The van der Waals surface area contributed by atoms with E-state index in [0.717, 1.165) is 22.5 Å². The Labute approximate surface area is 186 Å². The van der Waals surface area contributed by atoms with Crippen LogP contribution < -0.4 is 4.90 Å². The van der Waals surface area contributed by atoms with E-state index in [1.54, 1.807) is 11.9 Å². The molecule has 2 aliphatic heterocycles. The van der Waals surface area contributed by atoms with Crippen molar-refractivity contribution in [2.45, 2.75) is 26.3 Å². The van der Waals surface area contributed by atoms with Crippen molar-refractivity contribution in [2.24, 2.45) is 4.99 Å². The molecule has 0 N–H and O–H groups in total. The Bertz CT molecular complexity index is 1120. The first kappa shape index (κ1) is 20.8. The van der Waals surface area contributed by atoms with E-state index in [0.29, 0.717) is 15.1 Å². The number of amidine groups is 1. The average Bonchev–Trinajstić information content (AvgIpc) is 2.96. The summed E-state index contributed by atoms with van der Waals surface area (Å²) in [4.78, 5) is 21.8. The summed E-state index contributed by atoms with van der Waals surface area (Å²) in [6.07, 6.45) is 4.13. The Morgan fingerprint density at radius 1 is 1.13 bits per heavy atom. The Hall–Kier alpha value is -2.50. The van der Waals surface area contributed by atoms with Crippen LogP contribution in [-0.2, 0) is 4.79 Å². The van der Waals surface area contributed by atoms with Gasteiger partial charge in [-0.3, -0.25) is 9.69 Å². The van der Waals surface area contributed by atoms with Crippen molar-refractivity contribution in [2.75, 3.05) is 19.0 Å². The lowest BCUT2D eigenvalue weighted by molar-refractivity contribution is -0.121. The molecule has 4 rings (SSSR count). The highest BCUT2D eigenvalue weighted by Gasteiger charge is 2.32. The van der Waals surface area contributed by atoms with E-state index in [9.17, 15) is 4.79 Å². The number of anilines is 1. The number of allylic oxidation sites excluding steroid dienone is 1. The third kappa shape index (κ3) is 3.68. The molecule has 2 aromatic carbocycles. The molecule has 6 heteroatoms. The van der Waals surface area contributed by atoms with Gasteiger partial charge < -0.3 is 4.90 Å². The van der Waals surface area contributed by atoms with Crippen LogP contribution in [0, 0.1) is 0 Å². The molecule has 0 saturated carbocycles. The van der Waals surface area contributed by atoms with Crippen molar-refractivity contribution in [1.82, 2.24) is 4.90 Å². The molecule has 30 heavy (non-hydrogen) atoms. The topological polar surface area (TPSA) is 35.9 Å². The van der Waals surface area contributed by atoms with Crippen molar-refractivity contribution < 1.29 is 4.79 Å². The number of likely N-dealkylation sites (N-methyl/N-ethyl adjacent to an activating group) is 2. The summed E-state index contributed by atoms with van der Waals surface area (Å²) in [6.45, 7) is 6.48. The largest absolute Gasteiger partial charge is 0.365 e. The molecule has 0 atom stereocenters. The van der Waals surface area contributed by atoms with Gasteiger partial charge in [0.25, 0.3) is 5.91 Å². The van der Waals surface area contributed by atoms with Gasteiger partial charge in [0.1, 0.15) is 0 Å². The van der Waals surface area contributed by atoms with Gasteiger partial charge in [0, 0.05) is 30.4 Å². The zero-order valence-corrected chi connectivity index (χ0v) is 19.3. The fraction of sp³-hybridized carbons (Fsp3) is 0.250. The van der Waals surface area contributed by atoms with Crippen LogP contribution >= 0.6 is 23.4 Å². The highest BCUT2D eigenvalue weighted by Crippen LogP contribution is 2.42. The number of amides is 1. The molecular formula is C24H24ClN3OS. The van der Waals surface area contributed by atoms with Gasteiger partial charge in [0.05, 0.1) is 16.1 Å². The maximum atomic E-state index is 12.8. The fourth-order valence-electron chi connectivity index (χ4n) is 3.70. The third-order valence-electron chi connectivity index (χ3n) is 5.61. The number of aliphatic imine (C=N–C) groups is 1. The molecule has 4 nitrogen and oxygen atoms in total. The maximum Gasteiger partial charge on any atom is 0.266 e. The highest BCUT2D eigenvalue weighted by molar-refractivity contribution is 8.18. The van der Waals surface area contributed by atoms with E-state index in [1.165, 1.54) is 17.3 Å². The van der Waals surface area contributed by atoms with Crippen LogP contribution in [0.25, 0.3) is 11.6 Å². The zero-order chi connectivity index (χ0) is 21.6. The normalized spacial score (nSPS) is 20.7. The minimum atomic E-state index is -0.0802. The van der Waals surface area contributed by atoms with E-state index in [-0.39, 0.29) is 11.4 Å². The maximum absolute atomic E-state index is 12.8. The number of para-hydroxylation sites is 1. The van der Waals surface area contributed by atoms with E-state index in [1.807, 2.05) is 42.5 Å². The molecule has 2 aromatic rings. The number of fused-ring (bicyclic) bond motifs is 1. The molecule has 0 radical (unpaired) electrons. The van der Waals surface area contributed by atoms with Crippen LogP contribution in [0.3, 0.4) is 0 Å². The molecule has 1 amide bonds. The lowest BCUT2D eigenvalue weighted by Crippen LogP contribution is -2.42. The van der Waals surface area contributed by atoms with Crippen LogP contribution in [0.2, 0.25) is 5.02 Å². The van der Waals surface area contributed by atoms with Gasteiger partial charge >= 0.3 is 0 Å². The summed E-state index contributed by atoms with van der Waals surface area (Å²) >= 11 is 8.01. The molecule has 0 bridgehead atoms. The Morgan fingerprint density at radius 2 is 1.83 bits per heavy atom. The number of hydrogen-bond acceptors (Lipinski definition) is 4. The van der Waals surface area contributed by atoms with Crippen molar-refractivity contribution in [3.05, 3.63) is 69.6 Å². The molecule has 2 heterocycles. The third-order valence-corrected chi connectivity index (χ3v) is 6.99. The molecule has 0 unspecified atom stereocenters. The van der Waals surface area contributed by atoms with E-state index >= 15 is 0 Å². The van der Waals surface area contributed by atoms with Crippen LogP contribution in [0.4, 0.5) is 11.4 Å². The fourth-order valence-corrected chi connectivity index (χ4v) is 4.89. The highest BCUT2D eigenvalue weighted by atomic mass is 35.5. The number of carbonyl (C=O) groups is 1. The van der Waals surface area contributed by atoms with Crippen molar-refractivity contribution in [1.29, 1.82) is 0 Å². The first-order valence-electron chi connectivity index (χ1n) is 9.76. The predicted molar refractivity (Wildman–Crippen MR) is 129 cm³/mol. The molecular weight excluding hydrogens is 414 g/mol. The molecule has 1 fully saturated rings. The van der Waals surface area contributed by atoms with Gasteiger partial charge in [-0.2, -0.15) is 0 Å². The minimum absolute atomic E-state index is 0.0750. The summed E-state index contributed by atoms with van der Waals surface area (Å²) in [5, 5.41) is 1.28. The van der Waals surface area contributed by atoms with E-state index in [4.69, 9.17) is 11.6 Å². The standard InChI is InChI=1S/C24H24ClN3OS/c1-15-14-24(2,3)28(5)20-13-19(25)16(11-18(15)20)12-21-22(29)27(4)23(30-21)26-17-9-7-6-8-10-17/h6-14H,1-5H3/b21-12-,26-23?. The van der Waals surface area contributed by atoms with Gasteiger partial charge in [-0.05, 0) is 74.0 Å². The summed E-state index contributed by atoms with van der Waals surface area (Å²) in [7, 11) is 3.82. The second-order valence-corrected chi connectivity index (χ2v) is 9.55. The van der Waals surface area contributed by atoms with Crippen molar-refractivity contribution in [3.8, 4) is 0 Å². The zero-order valence-electron chi connectivity index (χ0n) is 17.7. The SMILES string of the molecule is CC1=CC(C)(C)N(C)c2cc(Cl)c(/C=C3\SC(=Nc4ccccc4)N(C)C3=O)cc21. The average molecular weight is 438 g/mol. The number of rotatable bonds is 2. The van der Waals surface area contributed by atoms with Crippen LogP contribution in [0.15, 0.2) is 58.4 Å². The molecule has 1 saturated heterocycles. The Kier molecular flexibility index (Phi) is 5.28. The number of benzene rings is 2. The van der Waals surface area contributed by atoms with Crippen molar-refractivity contribution >= 4 is 57.5 Å². The number of thioether (sulfide) groups is 1.